The van der Waals surface area contributed by atoms with Crippen molar-refractivity contribution in [1.82, 2.24) is 10.6 Å². The Hall–Kier alpha value is -3.35. The third-order valence-electron chi connectivity index (χ3n) is 7.47. The number of rotatable bonds is 9. The van der Waals surface area contributed by atoms with Gasteiger partial charge in [0, 0.05) is 18.5 Å². The van der Waals surface area contributed by atoms with E-state index >= 15 is 0 Å². The maximum absolute atomic E-state index is 13.2. The predicted octanol–water partition coefficient (Wildman–Crippen LogP) is 4.70. The normalized spacial score (nSPS) is 16.9. The van der Waals surface area contributed by atoms with Crippen LogP contribution < -0.4 is 10.6 Å². The van der Waals surface area contributed by atoms with Crippen molar-refractivity contribution in [3.8, 4) is 11.1 Å². The molecule has 1 atom stereocenters. The van der Waals surface area contributed by atoms with Crippen LogP contribution in [-0.2, 0) is 14.3 Å². The van der Waals surface area contributed by atoms with E-state index < -0.39 is 23.5 Å². The summed E-state index contributed by atoms with van der Waals surface area (Å²) in [4.78, 5) is 37.1. The highest BCUT2D eigenvalue weighted by atomic mass is 16.5. The third-order valence-corrected chi connectivity index (χ3v) is 7.47. The first kappa shape index (κ1) is 24.8. The number of carbonyl (C=O) groups is 3. The molecule has 2 aromatic rings. The van der Waals surface area contributed by atoms with Crippen LogP contribution in [0.25, 0.3) is 11.1 Å². The van der Waals surface area contributed by atoms with E-state index in [9.17, 15) is 19.5 Å². The molecule has 7 heteroatoms. The highest BCUT2D eigenvalue weighted by Gasteiger charge is 2.42. The molecule has 2 aliphatic carbocycles. The summed E-state index contributed by atoms with van der Waals surface area (Å²) < 4.78 is 5.64. The van der Waals surface area contributed by atoms with Crippen molar-refractivity contribution in [3.05, 3.63) is 59.7 Å². The lowest BCUT2D eigenvalue weighted by Crippen LogP contribution is -2.51. The smallest absolute Gasteiger partial charge is 0.407 e. The van der Waals surface area contributed by atoms with Crippen LogP contribution in [0, 0.1) is 11.3 Å². The number of alkyl carbamates (subject to hydrolysis) is 1. The maximum atomic E-state index is 13.2. The first-order valence-corrected chi connectivity index (χ1v) is 12.4. The quantitative estimate of drug-likeness (QED) is 0.485. The number of benzene rings is 2. The molecule has 4 rings (SSSR count). The molecule has 0 unspecified atom stereocenters. The number of aliphatic carboxylic acids is 1. The average molecular weight is 479 g/mol. The Labute approximate surface area is 206 Å². The average Bonchev–Trinajstić information content (AvgIpc) is 3.44. The van der Waals surface area contributed by atoms with Gasteiger partial charge in [-0.2, -0.15) is 0 Å². The molecule has 186 valence electrons. The molecule has 1 fully saturated rings. The van der Waals surface area contributed by atoms with E-state index in [2.05, 4.69) is 34.9 Å². The molecule has 2 amide bonds. The van der Waals surface area contributed by atoms with Gasteiger partial charge in [-0.25, -0.2) is 4.79 Å². The zero-order chi connectivity index (χ0) is 25.0. The van der Waals surface area contributed by atoms with Crippen LogP contribution in [0.1, 0.15) is 63.0 Å². The second-order valence-electron chi connectivity index (χ2n) is 10.1. The van der Waals surface area contributed by atoms with E-state index in [4.69, 9.17) is 4.74 Å². The molecule has 0 radical (unpaired) electrons. The Balaban J connectivity index is 1.37. The van der Waals surface area contributed by atoms with Crippen LogP contribution in [0.15, 0.2) is 48.5 Å². The minimum absolute atomic E-state index is 0.0106. The van der Waals surface area contributed by atoms with Crippen LogP contribution in [-0.4, -0.2) is 42.3 Å². The Morgan fingerprint density at radius 2 is 1.57 bits per heavy atom. The van der Waals surface area contributed by atoms with E-state index in [1.54, 1.807) is 0 Å². The molecule has 2 aromatic carbocycles. The molecular formula is C28H34N2O5. The molecule has 0 aromatic heterocycles. The number of carboxylic acid groups (broad SMARTS) is 1. The topological polar surface area (TPSA) is 105 Å². The maximum Gasteiger partial charge on any atom is 0.407 e. The predicted molar refractivity (Wildman–Crippen MR) is 133 cm³/mol. The second-order valence-corrected chi connectivity index (χ2v) is 10.1. The van der Waals surface area contributed by atoms with Crippen LogP contribution in [0.5, 0.6) is 0 Å². The first-order chi connectivity index (χ1) is 16.8. The van der Waals surface area contributed by atoms with Gasteiger partial charge < -0.3 is 20.5 Å². The van der Waals surface area contributed by atoms with Crippen molar-refractivity contribution < 1.29 is 24.2 Å². The van der Waals surface area contributed by atoms with Crippen molar-refractivity contribution in [1.29, 1.82) is 0 Å². The number of fused-ring (bicyclic) bond motifs is 3. The van der Waals surface area contributed by atoms with E-state index in [0.717, 1.165) is 24.0 Å². The van der Waals surface area contributed by atoms with Gasteiger partial charge in [0.05, 0.1) is 11.8 Å². The van der Waals surface area contributed by atoms with Crippen molar-refractivity contribution in [2.75, 3.05) is 13.2 Å². The minimum atomic E-state index is -0.943. The van der Waals surface area contributed by atoms with Crippen molar-refractivity contribution in [2.45, 2.75) is 57.9 Å². The lowest BCUT2D eigenvalue weighted by atomic mass is 9.84. The van der Waals surface area contributed by atoms with Crippen molar-refractivity contribution in [2.24, 2.45) is 11.3 Å². The van der Waals surface area contributed by atoms with Gasteiger partial charge in [-0.3, -0.25) is 9.59 Å². The Morgan fingerprint density at radius 3 is 2.11 bits per heavy atom. The lowest BCUT2D eigenvalue weighted by Gasteiger charge is -2.31. The van der Waals surface area contributed by atoms with E-state index in [-0.39, 0.29) is 37.3 Å². The summed E-state index contributed by atoms with van der Waals surface area (Å²) in [5.41, 5.74) is 3.88. The fourth-order valence-electron chi connectivity index (χ4n) is 5.39. The summed E-state index contributed by atoms with van der Waals surface area (Å²) in [6, 6.07) is 15.9. The van der Waals surface area contributed by atoms with Gasteiger partial charge in [0.1, 0.15) is 6.61 Å². The fourth-order valence-corrected chi connectivity index (χ4v) is 5.39. The summed E-state index contributed by atoms with van der Waals surface area (Å²) in [5, 5.41) is 15.0. The highest BCUT2D eigenvalue weighted by Crippen LogP contribution is 2.44. The van der Waals surface area contributed by atoms with E-state index in [1.807, 2.05) is 38.1 Å². The van der Waals surface area contributed by atoms with Gasteiger partial charge in [-0.15, -0.1) is 0 Å². The van der Waals surface area contributed by atoms with E-state index in [0.29, 0.717) is 12.8 Å². The lowest BCUT2D eigenvalue weighted by molar-refractivity contribution is -0.138. The molecule has 1 saturated carbocycles. The van der Waals surface area contributed by atoms with E-state index in [1.165, 1.54) is 11.1 Å². The first-order valence-electron chi connectivity index (χ1n) is 12.4. The van der Waals surface area contributed by atoms with Crippen molar-refractivity contribution >= 4 is 18.0 Å². The van der Waals surface area contributed by atoms with Gasteiger partial charge in [0.2, 0.25) is 5.91 Å². The largest absolute Gasteiger partial charge is 0.481 e. The molecule has 0 saturated heterocycles. The zero-order valence-electron chi connectivity index (χ0n) is 20.4. The summed E-state index contributed by atoms with van der Waals surface area (Å²) in [6.45, 7) is 4.18. The number of carboxylic acids is 1. The summed E-state index contributed by atoms with van der Waals surface area (Å²) >= 11 is 0. The molecule has 2 aliphatic rings. The van der Waals surface area contributed by atoms with Gasteiger partial charge in [-0.1, -0.05) is 75.2 Å². The Morgan fingerprint density at radius 1 is 1.00 bits per heavy atom. The Bertz CT molecular complexity index is 1040. The van der Waals surface area contributed by atoms with Crippen LogP contribution in [0.3, 0.4) is 0 Å². The van der Waals surface area contributed by atoms with Crippen molar-refractivity contribution in [3.63, 3.8) is 0 Å². The van der Waals surface area contributed by atoms with Gasteiger partial charge in [-0.05, 0) is 41.0 Å². The number of hydrogen-bond acceptors (Lipinski definition) is 4. The second kappa shape index (κ2) is 10.5. The minimum Gasteiger partial charge on any atom is -0.481 e. The number of nitrogens with one attached hydrogen (secondary N) is 2. The zero-order valence-corrected chi connectivity index (χ0v) is 20.4. The number of ether oxygens (including phenoxy) is 1. The molecule has 35 heavy (non-hydrogen) atoms. The molecule has 0 aliphatic heterocycles. The van der Waals surface area contributed by atoms with Crippen LogP contribution in [0.2, 0.25) is 0 Å². The molecule has 7 nitrogen and oxygen atoms in total. The Kier molecular flexibility index (Phi) is 7.43. The summed E-state index contributed by atoms with van der Waals surface area (Å²) in [7, 11) is 0. The van der Waals surface area contributed by atoms with Gasteiger partial charge >= 0.3 is 12.1 Å². The number of hydrogen-bond donors (Lipinski definition) is 3. The number of carbonyl (C=O) groups excluding carboxylic acids is 2. The van der Waals surface area contributed by atoms with Crippen LogP contribution >= 0.6 is 0 Å². The van der Waals surface area contributed by atoms with Gasteiger partial charge in [0.15, 0.2) is 0 Å². The molecule has 3 N–H and O–H groups in total. The molecule has 0 spiro atoms. The van der Waals surface area contributed by atoms with Crippen LogP contribution in [0.4, 0.5) is 4.79 Å². The SMILES string of the molecule is CC(C)[C@@H](CC(=O)O)NC(=O)C1(CNC(=O)OCC2c3ccccc3-c3ccccc32)CCCC1. The number of amides is 2. The summed E-state index contributed by atoms with van der Waals surface area (Å²) in [5.74, 6) is -1.17. The monoisotopic (exact) mass is 478 g/mol. The third kappa shape index (κ3) is 5.34. The fraction of sp³-hybridized carbons (Fsp3) is 0.464. The highest BCUT2D eigenvalue weighted by molar-refractivity contribution is 5.85. The molecular weight excluding hydrogens is 444 g/mol. The molecule has 0 bridgehead atoms. The summed E-state index contributed by atoms with van der Waals surface area (Å²) in [6.07, 6.45) is 2.42. The van der Waals surface area contributed by atoms with Gasteiger partial charge in [0.25, 0.3) is 0 Å². The molecule has 0 heterocycles. The standard InChI is InChI=1S/C28H34N2O5/c1-18(2)24(15-25(31)32)30-26(33)28(13-7-8-14-28)17-29-27(34)35-16-23-21-11-5-3-9-19(21)20-10-4-6-12-22(20)23/h3-6,9-12,18,23-24H,7-8,13-17H2,1-2H3,(H,29,34)(H,30,33)(H,31,32)/t24-/m1/s1.